The number of halogens is 1. The number of rotatable bonds is 9. The predicted molar refractivity (Wildman–Crippen MR) is 171 cm³/mol. The highest BCUT2D eigenvalue weighted by molar-refractivity contribution is 6.01. The zero-order valence-corrected chi connectivity index (χ0v) is 27.4. The Hall–Kier alpha value is -4.05. The fourth-order valence-corrected chi connectivity index (χ4v) is 8.86. The number of amides is 1. The van der Waals surface area contributed by atoms with Crippen molar-refractivity contribution in [2.75, 3.05) is 19.8 Å². The summed E-state index contributed by atoms with van der Waals surface area (Å²) in [4.78, 5) is 48.1. The second kappa shape index (κ2) is 14.1. The minimum absolute atomic E-state index is 0.0676. The molecule has 1 aromatic carbocycles. The lowest BCUT2D eigenvalue weighted by Gasteiger charge is -2.62. The molecule has 6 N–H and O–H groups in total. The van der Waals surface area contributed by atoms with Crippen molar-refractivity contribution in [3.8, 4) is 0 Å². The van der Waals surface area contributed by atoms with Gasteiger partial charge >= 0.3 is 0 Å². The molecular weight excluding hydrogens is 645 g/mol. The first-order valence-electron chi connectivity index (χ1n) is 16.0. The number of non-ortho nitro benzene ring substituents is 1. The number of carbonyl (C=O) groups excluding carboxylic acids is 3. The third kappa shape index (κ3) is 6.17. The van der Waals surface area contributed by atoms with Gasteiger partial charge in [0, 0.05) is 33.8 Å². The van der Waals surface area contributed by atoms with Crippen LogP contribution in [-0.4, -0.2) is 91.1 Å². The van der Waals surface area contributed by atoms with Crippen LogP contribution in [0, 0.1) is 38.7 Å². The van der Waals surface area contributed by atoms with Gasteiger partial charge in [-0.3, -0.25) is 24.5 Å². The van der Waals surface area contributed by atoms with Gasteiger partial charge in [-0.25, -0.2) is 4.39 Å². The maximum absolute atomic E-state index is 16.9. The van der Waals surface area contributed by atoms with Crippen molar-refractivity contribution in [1.82, 2.24) is 5.32 Å². The number of fused-ring (bicyclic) bond motifs is 5. The summed E-state index contributed by atoms with van der Waals surface area (Å²) in [6, 6.07) is 4.03. The Morgan fingerprint density at radius 1 is 1.22 bits per heavy atom. The number of hydrogen-bond donors (Lipinski definition) is 6. The summed E-state index contributed by atoms with van der Waals surface area (Å²) in [5, 5.41) is 67.1. The zero-order valence-electron chi connectivity index (χ0n) is 27.4. The average Bonchev–Trinajstić information content (AvgIpc) is 3.28. The van der Waals surface area contributed by atoms with E-state index in [9.17, 15) is 50.0 Å². The number of aliphatic hydroxyl groups is 5. The number of benzene rings is 1. The van der Waals surface area contributed by atoms with Crippen molar-refractivity contribution in [2.45, 2.75) is 76.0 Å². The molecule has 3 saturated carbocycles. The molecule has 0 radical (unpaired) electrons. The number of nitrogens with one attached hydrogen (secondary N) is 1. The molecule has 266 valence electrons. The second-order valence-corrected chi connectivity index (χ2v) is 13.8. The molecule has 0 aliphatic heterocycles. The highest BCUT2D eigenvalue weighted by atomic mass is 19.1. The highest BCUT2D eigenvalue weighted by Gasteiger charge is 2.75. The molecule has 15 nitrogen and oxygen atoms in total. The Morgan fingerprint density at radius 3 is 2.45 bits per heavy atom. The molecule has 49 heavy (non-hydrogen) atoms. The Labute approximate surface area is 281 Å². The number of nitro groups is 1. The quantitative estimate of drug-likeness (QED) is 0.0726. The van der Waals surface area contributed by atoms with Gasteiger partial charge in [-0.15, -0.1) is 0 Å². The molecule has 0 saturated heterocycles. The first kappa shape index (κ1) is 37.8. The molecule has 0 spiro atoms. The number of carbonyl (C=O) groups is 3. The van der Waals surface area contributed by atoms with E-state index in [0.717, 1.165) is 0 Å². The number of aliphatic hydroxyl groups excluding tert-OH is 4. The lowest BCUT2D eigenvalue weighted by molar-refractivity contribution is -0.384. The molecule has 4 aliphatic carbocycles. The largest absolute Gasteiger partial charge is 0.394 e. The number of nitrogens with zero attached hydrogens (tertiary/aromatic N) is 4. The van der Waals surface area contributed by atoms with Crippen molar-refractivity contribution < 1.29 is 49.2 Å². The molecule has 1 aromatic rings. The summed E-state index contributed by atoms with van der Waals surface area (Å²) in [5.74, 6) is -2.78. The molecule has 3 fully saturated rings. The summed E-state index contributed by atoms with van der Waals surface area (Å²) in [6.45, 7) is 3.47. The van der Waals surface area contributed by atoms with Crippen LogP contribution in [0.3, 0.4) is 0 Å². The summed E-state index contributed by atoms with van der Waals surface area (Å²) in [7, 11) is 0. The normalized spacial score (nSPS) is 35.5. The van der Waals surface area contributed by atoms with Crippen LogP contribution in [0.4, 0.5) is 10.1 Å². The summed E-state index contributed by atoms with van der Waals surface area (Å²) >= 11 is 0. The maximum atomic E-state index is 16.9. The molecule has 5 rings (SSSR count). The van der Waals surface area contributed by atoms with Crippen molar-refractivity contribution in [3.05, 3.63) is 74.2 Å². The van der Waals surface area contributed by atoms with Gasteiger partial charge in [0.2, 0.25) is 5.91 Å². The average molecular weight is 688 g/mol. The number of alkyl halides is 1. The number of hydrogen-bond acceptors (Lipinski definition) is 11. The van der Waals surface area contributed by atoms with Gasteiger partial charge < -0.3 is 30.8 Å². The molecule has 10 atom stereocenters. The van der Waals surface area contributed by atoms with E-state index in [4.69, 9.17) is 5.53 Å². The van der Waals surface area contributed by atoms with E-state index >= 15 is 4.39 Å². The zero-order chi connectivity index (χ0) is 36.5. The highest BCUT2D eigenvalue weighted by Crippen LogP contribution is 2.70. The number of azide groups is 1. The third-order valence-corrected chi connectivity index (χ3v) is 11.4. The van der Waals surface area contributed by atoms with Crippen LogP contribution in [0.2, 0.25) is 0 Å². The van der Waals surface area contributed by atoms with Gasteiger partial charge in [0.05, 0.1) is 23.7 Å². The van der Waals surface area contributed by atoms with Crippen molar-refractivity contribution in [3.63, 3.8) is 0 Å². The summed E-state index contributed by atoms with van der Waals surface area (Å²) < 4.78 is 16.9. The smallest absolute Gasteiger partial charge is 0.269 e. The Morgan fingerprint density at radius 2 is 1.88 bits per heavy atom. The van der Waals surface area contributed by atoms with Gasteiger partial charge in [-0.05, 0) is 79.8 Å². The van der Waals surface area contributed by atoms with E-state index < -0.39 is 88.6 Å². The van der Waals surface area contributed by atoms with Gasteiger partial charge in [-0.2, -0.15) is 0 Å². The van der Waals surface area contributed by atoms with Crippen LogP contribution in [0.1, 0.15) is 58.1 Å². The van der Waals surface area contributed by atoms with Gasteiger partial charge in [0.15, 0.2) is 17.2 Å². The predicted octanol–water partition coefficient (Wildman–Crippen LogP) is 2.31. The van der Waals surface area contributed by atoms with Gasteiger partial charge in [-0.1, -0.05) is 30.6 Å². The van der Waals surface area contributed by atoms with Crippen LogP contribution in [-0.2, 0) is 14.4 Å². The molecule has 0 unspecified atom stereocenters. The topological polar surface area (TPSA) is 256 Å². The van der Waals surface area contributed by atoms with E-state index in [1.54, 1.807) is 26.8 Å². The Bertz CT molecular complexity index is 1600. The molecule has 4 aliphatic rings. The van der Waals surface area contributed by atoms with E-state index in [0.29, 0.717) is 30.4 Å². The Balaban J connectivity index is 0.000000232. The monoisotopic (exact) mass is 687 g/mol. The minimum Gasteiger partial charge on any atom is -0.394 e. The van der Waals surface area contributed by atoms with Crippen LogP contribution < -0.4 is 5.32 Å². The van der Waals surface area contributed by atoms with E-state index in [-0.39, 0.29) is 23.8 Å². The maximum Gasteiger partial charge on any atom is 0.269 e. The fourth-order valence-electron chi connectivity index (χ4n) is 8.86. The number of ketones is 2. The molecular formula is C33H42FN5O10. The number of allylic oxidation sites excluding steroid dienone is 4. The van der Waals surface area contributed by atoms with Gasteiger partial charge in [0.1, 0.15) is 24.9 Å². The van der Waals surface area contributed by atoms with Crippen LogP contribution >= 0.6 is 0 Å². The number of nitro benzene ring substituents is 1. The lowest BCUT2D eigenvalue weighted by Crippen LogP contribution is -2.69. The lowest BCUT2D eigenvalue weighted by atomic mass is 9.44. The third-order valence-electron chi connectivity index (χ3n) is 11.4. The minimum atomic E-state index is -1.98. The molecule has 16 heteroatoms. The second-order valence-electron chi connectivity index (χ2n) is 13.8. The van der Waals surface area contributed by atoms with Crippen LogP contribution in [0.15, 0.2) is 53.2 Å². The molecule has 0 heterocycles. The van der Waals surface area contributed by atoms with Crippen molar-refractivity contribution in [2.24, 2.45) is 33.7 Å². The van der Waals surface area contributed by atoms with Crippen LogP contribution in [0.25, 0.3) is 10.4 Å². The SMILES string of the molecule is C[C@@H]1C[C@H]2[C@@H]3CCC4=CC(=O)C=C[C@]4(C)[C@@]3(F)[C@@H](O)C[C@]2(C)[C@@]1(O)C(=O)CO.[N-]=[N+]=NCC(=O)N[C@H](CO)[C@H](O)c1ccc([N+](=O)[O-])cc1. The van der Waals surface area contributed by atoms with Crippen molar-refractivity contribution >= 4 is 23.2 Å². The standard InChI is InChI=1S/C22H29FO5.C11H13N5O5/c1-12-8-16-15-5-4-13-9-14(25)6-7-19(13,2)21(15,23)17(26)10-20(16,3)22(12,28)18(27)11-24;12-15-13-5-10(18)14-9(6-17)11(19)7-1-3-8(4-2-7)16(20)21/h6-7,9,12,15-17,24,26,28H,4-5,8,10-11H2,1-3H3;1-4,9,11,17,19H,5-6H2,(H,14,18)/t12-,15+,16+,17+,19+,20+,21+,22+;9-,11-/m11/s1. The Kier molecular flexibility index (Phi) is 10.8. The van der Waals surface area contributed by atoms with E-state index in [1.165, 1.54) is 36.4 Å². The first-order chi connectivity index (χ1) is 23.0. The molecule has 1 amide bonds. The van der Waals surface area contributed by atoms with E-state index in [1.807, 2.05) is 0 Å². The number of Topliss-reactive ketones (excluding diaryl/α,β-unsaturated/α-hetero) is 1. The molecule has 0 aromatic heterocycles. The van der Waals surface area contributed by atoms with Crippen molar-refractivity contribution in [1.29, 1.82) is 0 Å². The fraction of sp³-hybridized carbons (Fsp3) is 0.606. The summed E-state index contributed by atoms with van der Waals surface area (Å²) in [6.07, 6.45) is 3.18. The van der Waals surface area contributed by atoms with Gasteiger partial charge in [0.25, 0.3) is 5.69 Å². The summed E-state index contributed by atoms with van der Waals surface area (Å²) in [5.41, 5.74) is 3.08. The molecule has 0 bridgehead atoms. The van der Waals surface area contributed by atoms with Crippen LogP contribution in [0.5, 0.6) is 0 Å². The van der Waals surface area contributed by atoms with E-state index in [2.05, 4.69) is 15.3 Å². The first-order valence-corrected chi connectivity index (χ1v) is 16.0.